The highest BCUT2D eigenvalue weighted by molar-refractivity contribution is 5.85. The SMILES string of the molecule is Cl.O=C(O)[C@H]1CNCCO1. The van der Waals surface area contributed by atoms with E-state index in [4.69, 9.17) is 9.84 Å². The molecule has 4 nitrogen and oxygen atoms in total. The Bertz CT molecular complexity index is 113. The van der Waals surface area contributed by atoms with E-state index in [0.717, 1.165) is 6.54 Å². The molecule has 1 atom stereocenters. The predicted octanol–water partition coefficient (Wildman–Crippen LogP) is -0.519. The Morgan fingerprint density at radius 1 is 1.70 bits per heavy atom. The van der Waals surface area contributed by atoms with Crippen LogP contribution in [0.25, 0.3) is 0 Å². The highest BCUT2D eigenvalue weighted by atomic mass is 35.5. The molecule has 1 aliphatic heterocycles. The van der Waals surface area contributed by atoms with Crippen LogP contribution in [0.2, 0.25) is 0 Å². The summed E-state index contributed by atoms with van der Waals surface area (Å²) in [4.78, 5) is 10.2. The van der Waals surface area contributed by atoms with Crippen molar-refractivity contribution in [1.29, 1.82) is 0 Å². The molecule has 1 aliphatic rings. The smallest absolute Gasteiger partial charge is 0.334 e. The molecule has 10 heavy (non-hydrogen) atoms. The van der Waals surface area contributed by atoms with Gasteiger partial charge in [-0.05, 0) is 0 Å². The molecule has 60 valence electrons. The molecule has 0 amide bonds. The molecule has 1 saturated heterocycles. The maximum Gasteiger partial charge on any atom is 0.334 e. The summed E-state index contributed by atoms with van der Waals surface area (Å²) in [5.41, 5.74) is 0. The second-order valence-electron chi connectivity index (χ2n) is 1.90. The van der Waals surface area contributed by atoms with Crippen molar-refractivity contribution < 1.29 is 14.6 Å². The van der Waals surface area contributed by atoms with E-state index in [1.165, 1.54) is 0 Å². The topological polar surface area (TPSA) is 58.6 Å². The monoisotopic (exact) mass is 167 g/mol. The fraction of sp³-hybridized carbons (Fsp3) is 0.800. The lowest BCUT2D eigenvalue weighted by Gasteiger charge is -2.19. The van der Waals surface area contributed by atoms with Gasteiger partial charge in [-0.15, -0.1) is 12.4 Å². The molecular weight excluding hydrogens is 158 g/mol. The van der Waals surface area contributed by atoms with E-state index in [1.807, 2.05) is 0 Å². The summed E-state index contributed by atoms with van der Waals surface area (Å²) in [5, 5.41) is 11.3. The van der Waals surface area contributed by atoms with Gasteiger partial charge in [-0.25, -0.2) is 4.79 Å². The van der Waals surface area contributed by atoms with E-state index < -0.39 is 12.1 Å². The van der Waals surface area contributed by atoms with Gasteiger partial charge in [0.15, 0.2) is 6.10 Å². The number of hydrogen-bond acceptors (Lipinski definition) is 3. The summed E-state index contributed by atoms with van der Waals surface area (Å²) in [6.45, 7) is 1.68. The Morgan fingerprint density at radius 3 is 2.70 bits per heavy atom. The molecular formula is C5H10ClNO3. The number of ether oxygens (including phenoxy) is 1. The number of morpholine rings is 1. The predicted molar refractivity (Wildman–Crippen MR) is 37.5 cm³/mol. The third-order valence-corrected chi connectivity index (χ3v) is 1.20. The van der Waals surface area contributed by atoms with Gasteiger partial charge < -0.3 is 15.2 Å². The lowest BCUT2D eigenvalue weighted by Crippen LogP contribution is -2.42. The zero-order valence-corrected chi connectivity index (χ0v) is 6.19. The Labute approximate surface area is 65.0 Å². The van der Waals surface area contributed by atoms with Crippen LogP contribution in [0.5, 0.6) is 0 Å². The van der Waals surface area contributed by atoms with Gasteiger partial charge in [0.1, 0.15) is 0 Å². The number of rotatable bonds is 1. The Kier molecular flexibility index (Phi) is 4.34. The first kappa shape index (κ1) is 9.68. The zero-order valence-electron chi connectivity index (χ0n) is 5.37. The maximum atomic E-state index is 10.2. The normalized spacial score (nSPS) is 25.0. The number of hydrogen-bond donors (Lipinski definition) is 2. The van der Waals surface area contributed by atoms with Crippen LogP contribution in [0.15, 0.2) is 0 Å². The van der Waals surface area contributed by atoms with Crippen molar-refractivity contribution in [2.75, 3.05) is 19.7 Å². The van der Waals surface area contributed by atoms with E-state index >= 15 is 0 Å². The average Bonchev–Trinajstić information content (AvgIpc) is 1.90. The first-order chi connectivity index (χ1) is 4.30. The fourth-order valence-corrected chi connectivity index (χ4v) is 0.724. The molecule has 0 spiro atoms. The highest BCUT2D eigenvalue weighted by Gasteiger charge is 2.19. The molecule has 1 heterocycles. The minimum absolute atomic E-state index is 0. The van der Waals surface area contributed by atoms with Gasteiger partial charge in [0.05, 0.1) is 6.61 Å². The molecule has 0 radical (unpaired) electrons. The van der Waals surface area contributed by atoms with Crippen LogP contribution in [0.4, 0.5) is 0 Å². The fourth-order valence-electron chi connectivity index (χ4n) is 0.724. The number of nitrogens with one attached hydrogen (secondary N) is 1. The second kappa shape index (κ2) is 4.49. The summed E-state index contributed by atoms with van der Waals surface area (Å²) in [5.74, 6) is -0.887. The minimum Gasteiger partial charge on any atom is -0.479 e. The van der Waals surface area contributed by atoms with Gasteiger partial charge in [-0.2, -0.15) is 0 Å². The van der Waals surface area contributed by atoms with Gasteiger partial charge in [-0.1, -0.05) is 0 Å². The lowest BCUT2D eigenvalue weighted by molar-refractivity contribution is -0.151. The molecule has 0 aromatic heterocycles. The molecule has 2 N–H and O–H groups in total. The second-order valence-corrected chi connectivity index (χ2v) is 1.90. The summed E-state index contributed by atoms with van der Waals surface area (Å²) in [6.07, 6.45) is -0.640. The third kappa shape index (κ3) is 2.51. The van der Waals surface area contributed by atoms with E-state index in [0.29, 0.717) is 13.2 Å². The van der Waals surface area contributed by atoms with Gasteiger partial charge in [-0.3, -0.25) is 0 Å². The molecule has 0 unspecified atom stereocenters. The average molecular weight is 168 g/mol. The third-order valence-electron chi connectivity index (χ3n) is 1.20. The number of halogens is 1. The van der Waals surface area contributed by atoms with E-state index in [9.17, 15) is 4.79 Å². The van der Waals surface area contributed by atoms with Crippen molar-refractivity contribution in [2.45, 2.75) is 6.10 Å². The summed E-state index contributed by atoms with van der Waals surface area (Å²) >= 11 is 0. The first-order valence-electron chi connectivity index (χ1n) is 2.86. The van der Waals surface area contributed by atoms with Crippen LogP contribution >= 0.6 is 12.4 Å². The summed E-state index contributed by atoms with van der Waals surface area (Å²) in [7, 11) is 0. The molecule has 1 fully saturated rings. The van der Waals surface area contributed by atoms with E-state index in [2.05, 4.69) is 5.32 Å². The van der Waals surface area contributed by atoms with Gasteiger partial charge in [0, 0.05) is 13.1 Å². The van der Waals surface area contributed by atoms with Gasteiger partial charge in [0.25, 0.3) is 0 Å². The van der Waals surface area contributed by atoms with E-state index in [1.54, 1.807) is 0 Å². The van der Waals surface area contributed by atoms with Gasteiger partial charge >= 0.3 is 5.97 Å². The van der Waals surface area contributed by atoms with Crippen molar-refractivity contribution in [2.24, 2.45) is 0 Å². The summed E-state index contributed by atoms with van der Waals surface area (Å²) < 4.78 is 4.88. The number of carboxylic acid groups (broad SMARTS) is 1. The van der Waals surface area contributed by atoms with Crippen LogP contribution in [0.1, 0.15) is 0 Å². The highest BCUT2D eigenvalue weighted by Crippen LogP contribution is 1.94. The van der Waals surface area contributed by atoms with Gasteiger partial charge in [0.2, 0.25) is 0 Å². The first-order valence-corrected chi connectivity index (χ1v) is 2.86. The molecule has 0 saturated carbocycles. The molecule has 5 heteroatoms. The molecule has 0 bridgehead atoms. The number of carbonyl (C=O) groups is 1. The van der Waals surface area contributed by atoms with Crippen LogP contribution in [-0.2, 0) is 9.53 Å². The van der Waals surface area contributed by atoms with Crippen LogP contribution in [0, 0.1) is 0 Å². The van der Waals surface area contributed by atoms with Crippen molar-refractivity contribution in [3.63, 3.8) is 0 Å². The van der Waals surface area contributed by atoms with E-state index in [-0.39, 0.29) is 12.4 Å². The minimum atomic E-state index is -0.887. The van der Waals surface area contributed by atoms with Crippen molar-refractivity contribution in [3.8, 4) is 0 Å². The zero-order chi connectivity index (χ0) is 6.69. The lowest BCUT2D eigenvalue weighted by atomic mass is 10.3. The number of carboxylic acids is 1. The standard InChI is InChI=1S/C5H9NO3.ClH/c7-5(8)4-3-6-1-2-9-4;/h4,6H,1-3H2,(H,7,8);1H/t4-;/m1./s1. The van der Waals surface area contributed by atoms with Crippen LogP contribution < -0.4 is 5.32 Å². The largest absolute Gasteiger partial charge is 0.479 e. The quantitative estimate of drug-likeness (QED) is 0.552. The Morgan fingerprint density at radius 2 is 2.40 bits per heavy atom. The van der Waals surface area contributed by atoms with Crippen molar-refractivity contribution in [3.05, 3.63) is 0 Å². The Hall–Kier alpha value is -0.320. The van der Waals surface area contributed by atoms with Crippen LogP contribution in [0.3, 0.4) is 0 Å². The molecule has 1 rings (SSSR count). The molecule has 0 aromatic rings. The van der Waals surface area contributed by atoms with Crippen molar-refractivity contribution in [1.82, 2.24) is 5.32 Å². The maximum absolute atomic E-state index is 10.2. The number of aliphatic carboxylic acids is 1. The molecule has 0 aliphatic carbocycles. The van der Waals surface area contributed by atoms with Crippen molar-refractivity contribution >= 4 is 18.4 Å². The summed E-state index contributed by atoms with van der Waals surface area (Å²) in [6, 6.07) is 0. The van der Waals surface area contributed by atoms with Crippen LogP contribution in [-0.4, -0.2) is 36.9 Å². The molecule has 0 aromatic carbocycles. The Balaban J connectivity index is 0.000000810.